The zero-order valence-corrected chi connectivity index (χ0v) is 15.9. The van der Waals surface area contributed by atoms with Crippen LogP contribution in [0.3, 0.4) is 0 Å². The molecule has 0 fully saturated rings. The molecule has 2 N–H and O–H groups in total. The summed E-state index contributed by atoms with van der Waals surface area (Å²) in [5.74, 6) is 0.110. The standard InChI is InChI=1S/C17H21Cl2N5O/c1-11-9-15(16(25)20-7-4-8-24(2)3)23-17(21-11)22-12-5-6-13(18)14(19)10-12/h5-6,9-10H,4,7-8H2,1-3H3,(H,20,25)(H,21,22,23). The van der Waals surface area contributed by atoms with Crippen molar-refractivity contribution in [3.8, 4) is 0 Å². The van der Waals surface area contributed by atoms with Gasteiger partial charge in [-0.1, -0.05) is 23.2 Å². The Bertz CT molecular complexity index is 752. The number of anilines is 2. The molecule has 2 aromatic rings. The maximum Gasteiger partial charge on any atom is 0.270 e. The van der Waals surface area contributed by atoms with E-state index in [0.717, 1.165) is 13.0 Å². The highest BCUT2D eigenvalue weighted by Crippen LogP contribution is 2.26. The highest BCUT2D eigenvalue weighted by atomic mass is 35.5. The third kappa shape index (κ3) is 6.16. The Kier molecular flexibility index (Phi) is 6.99. The smallest absolute Gasteiger partial charge is 0.270 e. The van der Waals surface area contributed by atoms with Gasteiger partial charge in [-0.25, -0.2) is 9.97 Å². The van der Waals surface area contributed by atoms with Gasteiger partial charge in [0.2, 0.25) is 5.95 Å². The van der Waals surface area contributed by atoms with Crippen molar-refractivity contribution in [2.75, 3.05) is 32.5 Å². The second-order valence-electron chi connectivity index (χ2n) is 5.88. The Morgan fingerprint density at radius 3 is 2.60 bits per heavy atom. The molecule has 6 nitrogen and oxygen atoms in total. The third-order valence-electron chi connectivity index (χ3n) is 3.33. The number of carbonyl (C=O) groups is 1. The molecule has 0 aliphatic heterocycles. The van der Waals surface area contributed by atoms with Crippen molar-refractivity contribution in [2.24, 2.45) is 0 Å². The minimum absolute atomic E-state index is 0.221. The van der Waals surface area contributed by atoms with E-state index in [4.69, 9.17) is 23.2 Å². The molecule has 1 heterocycles. The van der Waals surface area contributed by atoms with Gasteiger partial charge < -0.3 is 15.5 Å². The summed E-state index contributed by atoms with van der Waals surface area (Å²) in [7, 11) is 3.99. The fourth-order valence-corrected chi connectivity index (χ4v) is 2.43. The Morgan fingerprint density at radius 2 is 1.92 bits per heavy atom. The van der Waals surface area contributed by atoms with Gasteiger partial charge in [0, 0.05) is 17.9 Å². The van der Waals surface area contributed by atoms with Crippen LogP contribution < -0.4 is 10.6 Å². The number of aromatic nitrogens is 2. The maximum atomic E-state index is 12.3. The van der Waals surface area contributed by atoms with Crippen LogP contribution in [-0.4, -0.2) is 48.0 Å². The molecule has 0 saturated carbocycles. The topological polar surface area (TPSA) is 70.2 Å². The second kappa shape index (κ2) is 8.99. The first kappa shape index (κ1) is 19.4. The fourth-order valence-electron chi connectivity index (χ4n) is 2.13. The van der Waals surface area contributed by atoms with Gasteiger partial charge in [0.05, 0.1) is 10.0 Å². The van der Waals surface area contributed by atoms with Gasteiger partial charge in [-0.05, 0) is 58.3 Å². The van der Waals surface area contributed by atoms with Crippen molar-refractivity contribution in [1.82, 2.24) is 20.2 Å². The van der Waals surface area contributed by atoms with E-state index in [1.165, 1.54) is 0 Å². The van der Waals surface area contributed by atoms with Crippen molar-refractivity contribution in [3.63, 3.8) is 0 Å². The molecule has 2 rings (SSSR count). The summed E-state index contributed by atoms with van der Waals surface area (Å²) in [6.45, 7) is 3.31. The minimum atomic E-state index is -0.221. The second-order valence-corrected chi connectivity index (χ2v) is 6.70. The van der Waals surface area contributed by atoms with Gasteiger partial charge in [-0.15, -0.1) is 0 Å². The van der Waals surface area contributed by atoms with Gasteiger partial charge in [-0.3, -0.25) is 4.79 Å². The van der Waals surface area contributed by atoms with Crippen molar-refractivity contribution in [3.05, 3.63) is 45.7 Å². The molecule has 1 aromatic carbocycles. The molecule has 0 unspecified atom stereocenters. The van der Waals surface area contributed by atoms with Crippen molar-refractivity contribution in [1.29, 1.82) is 0 Å². The zero-order valence-electron chi connectivity index (χ0n) is 14.4. The van der Waals surface area contributed by atoms with E-state index in [-0.39, 0.29) is 5.91 Å². The Labute approximate surface area is 157 Å². The number of aryl methyl sites for hydroxylation is 1. The minimum Gasteiger partial charge on any atom is -0.351 e. The van der Waals surface area contributed by atoms with Gasteiger partial charge in [-0.2, -0.15) is 0 Å². The van der Waals surface area contributed by atoms with Crippen LogP contribution in [0.15, 0.2) is 24.3 Å². The number of amides is 1. The molecule has 134 valence electrons. The summed E-state index contributed by atoms with van der Waals surface area (Å²) in [5, 5.41) is 6.80. The molecule has 8 heteroatoms. The molecule has 0 saturated heterocycles. The first-order chi connectivity index (χ1) is 11.8. The molecule has 1 aromatic heterocycles. The van der Waals surface area contributed by atoms with Crippen molar-refractivity contribution in [2.45, 2.75) is 13.3 Å². The summed E-state index contributed by atoms with van der Waals surface area (Å²) in [5.41, 5.74) is 1.70. The average Bonchev–Trinajstić information content (AvgIpc) is 2.54. The molecule has 0 aliphatic rings. The molecule has 1 amide bonds. The molecule has 0 bridgehead atoms. The summed E-state index contributed by atoms with van der Waals surface area (Å²) in [4.78, 5) is 22.9. The normalized spacial score (nSPS) is 10.8. The van der Waals surface area contributed by atoms with Crippen LogP contribution in [0.5, 0.6) is 0 Å². The summed E-state index contributed by atoms with van der Waals surface area (Å²) < 4.78 is 0. The number of rotatable bonds is 7. The average molecular weight is 382 g/mol. The third-order valence-corrected chi connectivity index (χ3v) is 4.07. The number of carbonyl (C=O) groups excluding carboxylic acids is 1. The summed E-state index contributed by atoms with van der Waals surface area (Å²) in [6.07, 6.45) is 0.872. The highest BCUT2D eigenvalue weighted by molar-refractivity contribution is 6.42. The number of nitrogens with one attached hydrogen (secondary N) is 2. The number of hydrogen-bond acceptors (Lipinski definition) is 5. The SMILES string of the molecule is Cc1cc(C(=O)NCCCN(C)C)nc(Nc2ccc(Cl)c(Cl)c2)n1. The Morgan fingerprint density at radius 1 is 1.16 bits per heavy atom. The highest BCUT2D eigenvalue weighted by Gasteiger charge is 2.11. The predicted octanol–water partition coefficient (Wildman–Crippen LogP) is 3.52. The first-order valence-corrected chi connectivity index (χ1v) is 8.61. The molecule has 0 atom stereocenters. The van der Waals surface area contributed by atoms with Crippen LogP contribution in [0.2, 0.25) is 10.0 Å². The number of hydrogen-bond donors (Lipinski definition) is 2. The lowest BCUT2D eigenvalue weighted by atomic mass is 10.3. The molecule has 0 radical (unpaired) electrons. The van der Waals surface area contributed by atoms with Gasteiger partial charge in [0.1, 0.15) is 5.69 Å². The van der Waals surface area contributed by atoms with Gasteiger partial charge >= 0.3 is 0 Å². The molecule has 0 spiro atoms. The van der Waals surface area contributed by atoms with E-state index >= 15 is 0 Å². The van der Waals surface area contributed by atoms with Gasteiger partial charge in [0.15, 0.2) is 0 Å². The number of benzene rings is 1. The van der Waals surface area contributed by atoms with E-state index < -0.39 is 0 Å². The quantitative estimate of drug-likeness (QED) is 0.718. The predicted molar refractivity (Wildman–Crippen MR) is 102 cm³/mol. The number of nitrogens with zero attached hydrogens (tertiary/aromatic N) is 3. The van der Waals surface area contributed by atoms with Crippen LogP contribution >= 0.6 is 23.2 Å². The molecular formula is C17H21Cl2N5O. The van der Waals surface area contributed by atoms with Crippen LogP contribution in [0, 0.1) is 6.92 Å². The Balaban J connectivity index is 2.06. The monoisotopic (exact) mass is 381 g/mol. The zero-order chi connectivity index (χ0) is 18.4. The lowest BCUT2D eigenvalue weighted by Crippen LogP contribution is -2.28. The fraction of sp³-hybridized carbons (Fsp3) is 0.353. The molecule has 0 aliphatic carbocycles. The summed E-state index contributed by atoms with van der Waals surface area (Å²) >= 11 is 11.9. The van der Waals surface area contributed by atoms with Crippen molar-refractivity contribution >= 4 is 40.7 Å². The lowest BCUT2D eigenvalue weighted by molar-refractivity contribution is 0.0947. The summed E-state index contributed by atoms with van der Waals surface area (Å²) in [6, 6.07) is 6.78. The van der Waals surface area contributed by atoms with E-state index in [9.17, 15) is 4.79 Å². The Hall–Kier alpha value is -1.89. The van der Waals surface area contributed by atoms with Gasteiger partial charge in [0.25, 0.3) is 5.91 Å². The van der Waals surface area contributed by atoms with E-state index in [1.54, 1.807) is 24.3 Å². The van der Waals surface area contributed by atoms with E-state index in [0.29, 0.717) is 39.6 Å². The first-order valence-electron chi connectivity index (χ1n) is 7.86. The number of halogens is 2. The van der Waals surface area contributed by atoms with Crippen LogP contribution in [-0.2, 0) is 0 Å². The molecular weight excluding hydrogens is 361 g/mol. The maximum absolute atomic E-state index is 12.3. The largest absolute Gasteiger partial charge is 0.351 e. The van der Waals surface area contributed by atoms with Crippen LogP contribution in [0.1, 0.15) is 22.6 Å². The van der Waals surface area contributed by atoms with Crippen LogP contribution in [0.4, 0.5) is 11.6 Å². The van der Waals surface area contributed by atoms with Crippen LogP contribution in [0.25, 0.3) is 0 Å². The molecule has 25 heavy (non-hydrogen) atoms. The van der Waals surface area contributed by atoms with E-state index in [2.05, 4.69) is 25.5 Å². The lowest BCUT2D eigenvalue weighted by Gasteiger charge is -2.11. The van der Waals surface area contributed by atoms with Crippen molar-refractivity contribution < 1.29 is 4.79 Å². The van der Waals surface area contributed by atoms with E-state index in [1.807, 2.05) is 21.0 Å².